The number of fused-ring (bicyclic) bond motifs is 1. The molecule has 208 valence electrons. The van der Waals surface area contributed by atoms with Crippen LogP contribution in [-0.2, 0) is 13.1 Å². The standard InChI is InChI=1S/C29H40N8O2/c1-6-7-22(11-19(4)33-28(38)24-13-26(36-31)25(30)10-18(24)3)37-15-20-14-32-29(35-27(20)16-37)34-21-8-17(2)9-23(12-21)39-5/h8-10,12-14,19,22,36H,6-7,11,15-16,30-31H2,1-5H3,(H,33,38)(H,32,34,35)/t19-,22-/m1/s1. The second-order valence-electron chi connectivity index (χ2n) is 10.4. The Labute approximate surface area is 230 Å². The monoisotopic (exact) mass is 532 g/mol. The Morgan fingerprint density at radius 1 is 1.18 bits per heavy atom. The molecule has 0 radical (unpaired) electrons. The molecule has 3 aromatic rings. The van der Waals surface area contributed by atoms with Gasteiger partial charge in [0.25, 0.3) is 5.91 Å². The average molecular weight is 533 g/mol. The van der Waals surface area contributed by atoms with Gasteiger partial charge < -0.3 is 26.5 Å². The number of nitrogens with zero attached hydrogens (tertiary/aromatic N) is 3. The lowest BCUT2D eigenvalue weighted by Gasteiger charge is -2.30. The van der Waals surface area contributed by atoms with Gasteiger partial charge in [0, 0.05) is 54.3 Å². The van der Waals surface area contributed by atoms with E-state index in [1.807, 2.05) is 38.2 Å². The number of nitrogen functional groups attached to an aromatic ring is 2. The Morgan fingerprint density at radius 3 is 2.69 bits per heavy atom. The van der Waals surface area contributed by atoms with E-state index >= 15 is 0 Å². The summed E-state index contributed by atoms with van der Waals surface area (Å²) >= 11 is 0. The third kappa shape index (κ3) is 6.76. The van der Waals surface area contributed by atoms with E-state index in [2.05, 4.69) is 39.8 Å². The van der Waals surface area contributed by atoms with Crippen LogP contribution in [0.3, 0.4) is 0 Å². The van der Waals surface area contributed by atoms with E-state index in [9.17, 15) is 4.79 Å². The van der Waals surface area contributed by atoms with Crippen LogP contribution < -0.4 is 32.4 Å². The van der Waals surface area contributed by atoms with Crippen molar-refractivity contribution in [1.29, 1.82) is 0 Å². The number of hydrogen-bond donors (Lipinski definition) is 5. The number of methoxy groups -OCH3 is 1. The highest BCUT2D eigenvalue weighted by atomic mass is 16.5. The number of ether oxygens (including phenoxy) is 1. The van der Waals surface area contributed by atoms with Crippen molar-refractivity contribution < 1.29 is 9.53 Å². The molecule has 4 rings (SSSR count). The molecule has 1 aliphatic rings. The lowest BCUT2D eigenvalue weighted by Crippen LogP contribution is -2.40. The number of hydrogen-bond acceptors (Lipinski definition) is 9. The summed E-state index contributed by atoms with van der Waals surface area (Å²) in [6.07, 6.45) is 4.82. The van der Waals surface area contributed by atoms with Crippen molar-refractivity contribution in [2.75, 3.05) is 23.6 Å². The molecule has 1 aromatic heterocycles. The van der Waals surface area contributed by atoms with Crippen LogP contribution >= 0.6 is 0 Å². The molecule has 0 spiro atoms. The Kier molecular flexibility index (Phi) is 8.88. The minimum absolute atomic E-state index is 0.0244. The molecular formula is C29H40N8O2. The van der Waals surface area contributed by atoms with Crippen LogP contribution in [-0.4, -0.2) is 40.0 Å². The third-order valence-corrected chi connectivity index (χ3v) is 7.16. The van der Waals surface area contributed by atoms with E-state index in [0.29, 0.717) is 28.9 Å². The molecule has 1 amide bonds. The first kappa shape index (κ1) is 28.1. The van der Waals surface area contributed by atoms with Crippen LogP contribution in [0.15, 0.2) is 36.5 Å². The summed E-state index contributed by atoms with van der Waals surface area (Å²) in [5.74, 6) is 6.78. The molecule has 2 aromatic carbocycles. The fraction of sp³-hybridized carbons (Fsp3) is 0.414. The van der Waals surface area contributed by atoms with Gasteiger partial charge >= 0.3 is 0 Å². The summed E-state index contributed by atoms with van der Waals surface area (Å²) in [5, 5.41) is 6.48. The van der Waals surface area contributed by atoms with E-state index < -0.39 is 0 Å². The maximum atomic E-state index is 13.1. The molecule has 0 unspecified atom stereocenters. The van der Waals surface area contributed by atoms with E-state index in [1.165, 1.54) is 0 Å². The number of hydrazine groups is 1. The molecule has 0 fully saturated rings. The van der Waals surface area contributed by atoms with Crippen LogP contribution in [0.25, 0.3) is 0 Å². The van der Waals surface area contributed by atoms with Crippen LogP contribution in [0.1, 0.15) is 65.9 Å². The van der Waals surface area contributed by atoms with Crippen molar-refractivity contribution in [3.05, 3.63) is 64.5 Å². The largest absolute Gasteiger partial charge is 0.497 e. The third-order valence-electron chi connectivity index (χ3n) is 7.16. The van der Waals surface area contributed by atoms with Crippen molar-refractivity contribution in [2.24, 2.45) is 5.84 Å². The topological polar surface area (TPSA) is 143 Å². The molecule has 0 saturated carbocycles. The number of nitrogens with two attached hydrogens (primary N) is 2. The van der Waals surface area contributed by atoms with Gasteiger partial charge in [-0.05, 0) is 69.0 Å². The van der Waals surface area contributed by atoms with Gasteiger partial charge in [-0.2, -0.15) is 0 Å². The first-order valence-electron chi connectivity index (χ1n) is 13.4. The van der Waals surface area contributed by atoms with Crippen molar-refractivity contribution in [1.82, 2.24) is 20.2 Å². The average Bonchev–Trinajstić information content (AvgIpc) is 3.31. The normalized spacial score (nSPS) is 14.4. The zero-order valence-corrected chi connectivity index (χ0v) is 23.5. The molecule has 0 bridgehead atoms. The Morgan fingerprint density at radius 2 is 1.97 bits per heavy atom. The van der Waals surface area contributed by atoms with Gasteiger partial charge in [0.05, 0.1) is 24.2 Å². The van der Waals surface area contributed by atoms with Gasteiger partial charge in [-0.3, -0.25) is 15.5 Å². The fourth-order valence-corrected chi connectivity index (χ4v) is 5.21. The summed E-state index contributed by atoms with van der Waals surface area (Å²) in [7, 11) is 1.66. The van der Waals surface area contributed by atoms with E-state index in [-0.39, 0.29) is 11.9 Å². The lowest BCUT2D eigenvalue weighted by molar-refractivity contribution is 0.0922. The van der Waals surface area contributed by atoms with Gasteiger partial charge in [0.2, 0.25) is 5.95 Å². The van der Waals surface area contributed by atoms with Crippen LogP contribution in [0.5, 0.6) is 5.75 Å². The van der Waals surface area contributed by atoms with Crippen molar-refractivity contribution in [3.8, 4) is 5.75 Å². The van der Waals surface area contributed by atoms with Gasteiger partial charge in [-0.25, -0.2) is 9.97 Å². The number of aryl methyl sites for hydroxylation is 2. The Bertz CT molecular complexity index is 1330. The minimum atomic E-state index is -0.134. The van der Waals surface area contributed by atoms with Crippen molar-refractivity contribution in [3.63, 3.8) is 0 Å². The molecule has 10 nitrogen and oxygen atoms in total. The van der Waals surface area contributed by atoms with Gasteiger partial charge in [0.1, 0.15) is 5.75 Å². The summed E-state index contributed by atoms with van der Waals surface area (Å²) in [4.78, 5) is 24.9. The van der Waals surface area contributed by atoms with Gasteiger partial charge in [0.15, 0.2) is 0 Å². The second-order valence-corrected chi connectivity index (χ2v) is 10.4. The molecule has 1 aliphatic heterocycles. The highest BCUT2D eigenvalue weighted by Gasteiger charge is 2.29. The number of carbonyl (C=O) groups excluding carboxylic acids is 1. The molecule has 0 saturated heterocycles. The number of amides is 1. The van der Waals surface area contributed by atoms with E-state index in [1.54, 1.807) is 19.2 Å². The SMILES string of the molecule is CCC[C@H](C[C@@H](C)NC(=O)c1cc(NN)c(N)cc1C)N1Cc2cnc(Nc3cc(C)cc(OC)c3)nc2C1. The Hall–Kier alpha value is -3.89. The Balaban J connectivity index is 1.41. The predicted octanol–water partition coefficient (Wildman–Crippen LogP) is 4.41. The van der Waals surface area contributed by atoms with Crippen LogP contribution in [0, 0.1) is 13.8 Å². The molecule has 39 heavy (non-hydrogen) atoms. The molecule has 2 heterocycles. The highest BCUT2D eigenvalue weighted by Crippen LogP contribution is 2.29. The number of anilines is 4. The molecule has 0 aliphatic carbocycles. The van der Waals surface area contributed by atoms with Crippen molar-refractivity contribution in [2.45, 2.75) is 72.1 Å². The minimum Gasteiger partial charge on any atom is -0.497 e. The van der Waals surface area contributed by atoms with Gasteiger partial charge in [-0.1, -0.05) is 13.3 Å². The van der Waals surface area contributed by atoms with Crippen molar-refractivity contribution >= 4 is 28.9 Å². The first-order chi connectivity index (χ1) is 18.7. The zero-order chi connectivity index (χ0) is 28.1. The predicted molar refractivity (Wildman–Crippen MR) is 156 cm³/mol. The molecular weight excluding hydrogens is 492 g/mol. The number of benzene rings is 2. The number of carbonyl (C=O) groups is 1. The quantitative estimate of drug-likeness (QED) is 0.138. The highest BCUT2D eigenvalue weighted by molar-refractivity contribution is 5.97. The number of nitrogens with one attached hydrogen (secondary N) is 3. The smallest absolute Gasteiger partial charge is 0.251 e. The summed E-state index contributed by atoms with van der Waals surface area (Å²) in [6, 6.07) is 9.68. The fourth-order valence-electron chi connectivity index (χ4n) is 5.21. The van der Waals surface area contributed by atoms with E-state index in [0.717, 1.165) is 66.2 Å². The summed E-state index contributed by atoms with van der Waals surface area (Å²) in [6.45, 7) is 9.68. The molecule has 7 N–H and O–H groups in total. The summed E-state index contributed by atoms with van der Waals surface area (Å²) in [5.41, 5.74) is 15.1. The van der Waals surface area contributed by atoms with Crippen LogP contribution in [0.4, 0.5) is 23.0 Å². The van der Waals surface area contributed by atoms with E-state index in [4.69, 9.17) is 21.3 Å². The number of aromatic nitrogens is 2. The number of rotatable bonds is 11. The summed E-state index contributed by atoms with van der Waals surface area (Å²) < 4.78 is 5.39. The lowest BCUT2D eigenvalue weighted by atomic mass is 10.0. The zero-order valence-electron chi connectivity index (χ0n) is 23.5. The second kappa shape index (κ2) is 12.3. The maximum Gasteiger partial charge on any atom is 0.251 e. The first-order valence-corrected chi connectivity index (χ1v) is 13.4. The van der Waals surface area contributed by atoms with Crippen LogP contribution in [0.2, 0.25) is 0 Å². The maximum absolute atomic E-state index is 13.1. The molecule has 10 heteroatoms. The molecule has 2 atom stereocenters. The van der Waals surface area contributed by atoms with Gasteiger partial charge in [-0.15, -0.1) is 0 Å².